The van der Waals surface area contributed by atoms with Crippen molar-refractivity contribution in [3.63, 3.8) is 0 Å². The summed E-state index contributed by atoms with van der Waals surface area (Å²) >= 11 is 1.55. The second-order valence-corrected chi connectivity index (χ2v) is 8.20. The quantitative estimate of drug-likeness (QED) is 0.883. The van der Waals surface area contributed by atoms with Crippen LogP contribution in [0.1, 0.15) is 24.5 Å². The van der Waals surface area contributed by atoms with Crippen LogP contribution in [0.4, 0.5) is 0 Å². The third kappa shape index (κ3) is 2.81. The van der Waals surface area contributed by atoms with Crippen molar-refractivity contribution < 1.29 is 8.42 Å². The Morgan fingerprint density at radius 1 is 1.56 bits per heavy atom. The van der Waals surface area contributed by atoms with Crippen LogP contribution in [0, 0.1) is 6.92 Å². The minimum Gasteiger partial charge on any atom is -0.326 e. The molecule has 0 aliphatic rings. The lowest BCUT2D eigenvalue weighted by atomic mass is 10.00. The maximum Gasteiger partial charge on any atom is 0.154 e. The number of rotatable bonds is 4. The Labute approximate surface area is 101 Å². The highest BCUT2D eigenvalue weighted by Gasteiger charge is 2.37. The molecule has 0 saturated heterocycles. The van der Waals surface area contributed by atoms with Gasteiger partial charge in [-0.05, 0) is 20.8 Å². The number of nitrogens with zero attached hydrogens (tertiary/aromatic N) is 1. The average Bonchev–Trinajstić information content (AvgIpc) is 2.49. The van der Waals surface area contributed by atoms with Gasteiger partial charge in [0.25, 0.3) is 0 Å². The Bertz CT molecular complexity index is 463. The normalized spacial score (nSPS) is 15.1. The van der Waals surface area contributed by atoms with E-state index in [1.807, 2.05) is 12.3 Å². The molecule has 1 unspecified atom stereocenters. The Morgan fingerprint density at radius 3 is 2.50 bits per heavy atom. The van der Waals surface area contributed by atoms with E-state index in [1.165, 1.54) is 6.26 Å². The Balaban J connectivity index is 2.84. The molecule has 1 atom stereocenters. The van der Waals surface area contributed by atoms with Crippen molar-refractivity contribution in [2.45, 2.75) is 38.0 Å². The molecule has 1 aromatic rings. The highest BCUT2D eigenvalue weighted by Crippen LogP contribution is 2.22. The van der Waals surface area contributed by atoms with Crippen molar-refractivity contribution in [2.24, 2.45) is 5.73 Å². The molecule has 1 aromatic heterocycles. The standard InChI is InChI=1S/C10H18N2O2S2/c1-7-12-8(6-15-7)5-9(11)10(2,3)16(4,13)14/h6,9H,5,11H2,1-4H3. The monoisotopic (exact) mass is 262 g/mol. The molecule has 1 heterocycles. The molecule has 4 nitrogen and oxygen atoms in total. The van der Waals surface area contributed by atoms with Crippen molar-refractivity contribution in [3.05, 3.63) is 16.1 Å². The van der Waals surface area contributed by atoms with E-state index in [-0.39, 0.29) is 0 Å². The van der Waals surface area contributed by atoms with Crippen LogP contribution in [-0.2, 0) is 16.3 Å². The fourth-order valence-corrected chi connectivity index (χ4v) is 2.51. The minimum atomic E-state index is -3.16. The van der Waals surface area contributed by atoms with Gasteiger partial charge in [0.05, 0.1) is 15.4 Å². The van der Waals surface area contributed by atoms with E-state index >= 15 is 0 Å². The number of aryl methyl sites for hydroxylation is 1. The van der Waals surface area contributed by atoms with Gasteiger partial charge in [0.15, 0.2) is 9.84 Å². The first kappa shape index (κ1) is 13.6. The highest BCUT2D eigenvalue weighted by molar-refractivity contribution is 7.92. The van der Waals surface area contributed by atoms with Gasteiger partial charge in [-0.2, -0.15) is 0 Å². The predicted molar refractivity (Wildman–Crippen MR) is 67.5 cm³/mol. The van der Waals surface area contributed by atoms with E-state index in [4.69, 9.17) is 5.73 Å². The molecule has 16 heavy (non-hydrogen) atoms. The van der Waals surface area contributed by atoms with E-state index < -0.39 is 20.6 Å². The van der Waals surface area contributed by atoms with Gasteiger partial charge in [-0.1, -0.05) is 0 Å². The van der Waals surface area contributed by atoms with Gasteiger partial charge in [-0.15, -0.1) is 11.3 Å². The molecule has 0 spiro atoms. The predicted octanol–water partition coefficient (Wildman–Crippen LogP) is 1.14. The first-order chi connectivity index (χ1) is 7.14. The highest BCUT2D eigenvalue weighted by atomic mass is 32.2. The molecule has 0 aliphatic carbocycles. The SMILES string of the molecule is Cc1nc(CC(N)C(C)(C)S(C)(=O)=O)cs1. The topological polar surface area (TPSA) is 73.0 Å². The molecule has 0 fully saturated rings. The third-order valence-corrected chi connectivity index (χ3v) is 5.98. The summed E-state index contributed by atoms with van der Waals surface area (Å²) in [5.41, 5.74) is 6.83. The molecule has 6 heteroatoms. The van der Waals surface area contributed by atoms with Crippen molar-refractivity contribution in [1.82, 2.24) is 4.98 Å². The van der Waals surface area contributed by atoms with Gasteiger partial charge in [0.2, 0.25) is 0 Å². The summed E-state index contributed by atoms with van der Waals surface area (Å²) in [7, 11) is -3.16. The zero-order chi connectivity index (χ0) is 12.6. The van der Waals surface area contributed by atoms with E-state index in [0.717, 1.165) is 10.7 Å². The zero-order valence-electron chi connectivity index (χ0n) is 10.0. The largest absolute Gasteiger partial charge is 0.326 e. The number of sulfone groups is 1. The van der Waals surface area contributed by atoms with E-state index in [1.54, 1.807) is 25.2 Å². The molecule has 0 bridgehead atoms. The lowest BCUT2D eigenvalue weighted by molar-refractivity contribution is 0.480. The number of nitrogens with two attached hydrogens (primary N) is 1. The molecule has 0 radical (unpaired) electrons. The molecule has 92 valence electrons. The minimum absolute atomic E-state index is 0.441. The van der Waals surface area contributed by atoms with Gasteiger partial charge in [-0.3, -0.25) is 0 Å². The van der Waals surface area contributed by atoms with Gasteiger partial charge in [-0.25, -0.2) is 13.4 Å². The zero-order valence-corrected chi connectivity index (χ0v) is 11.7. The van der Waals surface area contributed by atoms with Crippen molar-refractivity contribution >= 4 is 21.2 Å². The van der Waals surface area contributed by atoms with E-state index in [9.17, 15) is 8.42 Å². The Morgan fingerprint density at radius 2 is 2.12 bits per heavy atom. The molecule has 0 amide bonds. The third-order valence-electron chi connectivity index (χ3n) is 2.94. The maximum atomic E-state index is 11.6. The number of aromatic nitrogens is 1. The second-order valence-electron chi connectivity index (χ2n) is 4.54. The summed E-state index contributed by atoms with van der Waals surface area (Å²) in [5.74, 6) is 0. The summed E-state index contributed by atoms with van der Waals surface area (Å²) in [6.07, 6.45) is 1.71. The summed E-state index contributed by atoms with van der Waals surface area (Å²) in [6, 6.07) is -0.441. The van der Waals surface area contributed by atoms with E-state index in [2.05, 4.69) is 4.98 Å². The molecule has 1 rings (SSSR count). The van der Waals surface area contributed by atoms with Crippen LogP contribution in [0.3, 0.4) is 0 Å². The van der Waals surface area contributed by atoms with Crippen LogP contribution in [0.5, 0.6) is 0 Å². The molecule has 0 aromatic carbocycles. The van der Waals surface area contributed by atoms with Crippen LogP contribution in [0.2, 0.25) is 0 Å². The fourth-order valence-electron chi connectivity index (χ4n) is 1.25. The van der Waals surface area contributed by atoms with Crippen molar-refractivity contribution in [3.8, 4) is 0 Å². The molecule has 0 aliphatic heterocycles. The molecular weight excluding hydrogens is 244 g/mol. The van der Waals surface area contributed by atoms with Gasteiger partial charge in [0.1, 0.15) is 0 Å². The molecule has 0 saturated carbocycles. The molecular formula is C10H18N2O2S2. The lowest BCUT2D eigenvalue weighted by Gasteiger charge is -2.29. The smallest absolute Gasteiger partial charge is 0.154 e. The van der Waals surface area contributed by atoms with Crippen LogP contribution < -0.4 is 5.73 Å². The first-order valence-corrected chi connectivity index (χ1v) is 7.78. The maximum absolute atomic E-state index is 11.6. The van der Waals surface area contributed by atoms with Gasteiger partial charge < -0.3 is 5.73 Å². The van der Waals surface area contributed by atoms with E-state index in [0.29, 0.717) is 6.42 Å². The Hall–Kier alpha value is -0.460. The summed E-state index contributed by atoms with van der Waals surface area (Å²) < 4.78 is 22.3. The van der Waals surface area contributed by atoms with Crippen LogP contribution in [0.15, 0.2) is 5.38 Å². The number of thiazole rings is 1. The number of hydrogen-bond donors (Lipinski definition) is 1. The van der Waals surface area contributed by atoms with Gasteiger partial charge in [0, 0.05) is 24.1 Å². The first-order valence-electron chi connectivity index (χ1n) is 5.01. The van der Waals surface area contributed by atoms with Crippen molar-refractivity contribution in [2.75, 3.05) is 6.26 Å². The fraction of sp³-hybridized carbons (Fsp3) is 0.700. The molecule has 2 N–H and O–H groups in total. The lowest BCUT2D eigenvalue weighted by Crippen LogP contribution is -2.50. The van der Waals surface area contributed by atoms with Crippen LogP contribution in [0.25, 0.3) is 0 Å². The van der Waals surface area contributed by atoms with Crippen LogP contribution in [-0.4, -0.2) is 30.4 Å². The summed E-state index contributed by atoms with van der Waals surface area (Å²) in [5, 5.41) is 2.90. The second kappa shape index (κ2) is 4.43. The average molecular weight is 262 g/mol. The Kier molecular flexibility index (Phi) is 3.76. The van der Waals surface area contributed by atoms with Crippen LogP contribution >= 0.6 is 11.3 Å². The van der Waals surface area contributed by atoms with Gasteiger partial charge >= 0.3 is 0 Å². The summed E-state index contributed by atoms with van der Waals surface area (Å²) in [6.45, 7) is 5.24. The number of hydrogen-bond acceptors (Lipinski definition) is 5. The van der Waals surface area contributed by atoms with Crippen molar-refractivity contribution in [1.29, 1.82) is 0 Å². The summed E-state index contributed by atoms with van der Waals surface area (Å²) in [4.78, 5) is 4.29.